The fourth-order valence-corrected chi connectivity index (χ4v) is 1.68. The summed E-state index contributed by atoms with van der Waals surface area (Å²) in [5.41, 5.74) is 0. The zero-order valence-electron chi connectivity index (χ0n) is 10.1. The van der Waals surface area contributed by atoms with E-state index in [1.807, 2.05) is 24.0 Å². The molecule has 0 spiro atoms. The predicted molar refractivity (Wildman–Crippen MR) is 61.2 cm³/mol. The molecule has 1 N–H and O–H groups in total. The van der Waals surface area contributed by atoms with Crippen molar-refractivity contribution in [1.82, 2.24) is 4.90 Å². The molecule has 0 atom stereocenters. The number of nitrogens with zero attached hydrogens (tertiary/aromatic N) is 1. The quantitative estimate of drug-likeness (QED) is 0.805. The second-order valence-corrected chi connectivity index (χ2v) is 4.47. The molecular weight excluding hydrogens is 206 g/mol. The maximum Gasteiger partial charge on any atom is 0.317 e. The van der Waals surface area contributed by atoms with Crippen LogP contribution in [0, 0.1) is 12.8 Å². The molecule has 90 valence electrons. The molecule has 4 nitrogen and oxygen atoms in total. The zero-order valence-corrected chi connectivity index (χ0v) is 10.1. The SMILES string of the molecule is Cc1ccc(CN(CC(=O)O)CC(C)C)o1. The van der Waals surface area contributed by atoms with Gasteiger partial charge in [0.1, 0.15) is 11.5 Å². The predicted octanol–water partition coefficient (Wildman–Crippen LogP) is 2.13. The smallest absolute Gasteiger partial charge is 0.317 e. The Balaban J connectivity index is 2.58. The molecule has 1 rings (SSSR count). The van der Waals surface area contributed by atoms with Gasteiger partial charge in [-0.25, -0.2) is 0 Å². The number of aryl methyl sites for hydroxylation is 1. The van der Waals surface area contributed by atoms with Crippen LogP contribution in [-0.4, -0.2) is 29.1 Å². The average molecular weight is 225 g/mol. The molecule has 0 amide bonds. The van der Waals surface area contributed by atoms with Gasteiger partial charge in [0.05, 0.1) is 13.1 Å². The molecule has 0 aliphatic carbocycles. The number of rotatable bonds is 6. The molecule has 1 aromatic rings. The van der Waals surface area contributed by atoms with Crippen molar-refractivity contribution in [3.8, 4) is 0 Å². The van der Waals surface area contributed by atoms with Crippen molar-refractivity contribution in [2.24, 2.45) is 5.92 Å². The van der Waals surface area contributed by atoms with Crippen molar-refractivity contribution in [2.75, 3.05) is 13.1 Å². The van der Waals surface area contributed by atoms with Crippen molar-refractivity contribution >= 4 is 5.97 Å². The third-order valence-corrected chi connectivity index (χ3v) is 2.16. The second kappa shape index (κ2) is 5.70. The number of hydrogen-bond acceptors (Lipinski definition) is 3. The van der Waals surface area contributed by atoms with Crippen LogP contribution in [0.2, 0.25) is 0 Å². The lowest BCUT2D eigenvalue weighted by atomic mass is 10.2. The topological polar surface area (TPSA) is 53.7 Å². The Hall–Kier alpha value is -1.29. The van der Waals surface area contributed by atoms with Gasteiger partial charge in [-0.1, -0.05) is 13.8 Å². The highest BCUT2D eigenvalue weighted by atomic mass is 16.4. The third kappa shape index (κ3) is 4.49. The first kappa shape index (κ1) is 12.8. The molecule has 16 heavy (non-hydrogen) atoms. The fourth-order valence-electron chi connectivity index (χ4n) is 1.68. The van der Waals surface area contributed by atoms with E-state index >= 15 is 0 Å². The van der Waals surface area contributed by atoms with Crippen LogP contribution in [0.4, 0.5) is 0 Å². The Morgan fingerprint density at radius 3 is 2.62 bits per heavy atom. The Labute approximate surface area is 95.9 Å². The van der Waals surface area contributed by atoms with E-state index in [2.05, 4.69) is 13.8 Å². The van der Waals surface area contributed by atoms with Crippen LogP contribution in [0.15, 0.2) is 16.5 Å². The Morgan fingerprint density at radius 2 is 2.19 bits per heavy atom. The summed E-state index contributed by atoms with van der Waals surface area (Å²) >= 11 is 0. The third-order valence-electron chi connectivity index (χ3n) is 2.16. The number of carbonyl (C=O) groups is 1. The summed E-state index contributed by atoms with van der Waals surface area (Å²) < 4.78 is 5.44. The van der Waals surface area contributed by atoms with Crippen LogP contribution in [0.1, 0.15) is 25.4 Å². The van der Waals surface area contributed by atoms with Gasteiger partial charge in [-0.2, -0.15) is 0 Å². The molecule has 0 aliphatic heterocycles. The van der Waals surface area contributed by atoms with Crippen LogP contribution in [-0.2, 0) is 11.3 Å². The lowest BCUT2D eigenvalue weighted by Gasteiger charge is -2.20. The molecule has 0 radical (unpaired) electrons. The summed E-state index contributed by atoms with van der Waals surface area (Å²) in [4.78, 5) is 12.6. The second-order valence-electron chi connectivity index (χ2n) is 4.47. The lowest BCUT2D eigenvalue weighted by Crippen LogP contribution is -2.32. The molecule has 1 heterocycles. The van der Waals surface area contributed by atoms with Gasteiger partial charge in [0, 0.05) is 6.54 Å². The Bertz CT molecular complexity index is 344. The number of furan rings is 1. The maximum absolute atomic E-state index is 10.7. The summed E-state index contributed by atoms with van der Waals surface area (Å²) in [5.74, 6) is 1.31. The van der Waals surface area contributed by atoms with Crippen molar-refractivity contribution in [3.05, 3.63) is 23.7 Å². The summed E-state index contributed by atoms with van der Waals surface area (Å²) in [6.07, 6.45) is 0. The Morgan fingerprint density at radius 1 is 1.50 bits per heavy atom. The van der Waals surface area contributed by atoms with Gasteiger partial charge in [0.25, 0.3) is 0 Å². The lowest BCUT2D eigenvalue weighted by molar-refractivity contribution is -0.138. The van der Waals surface area contributed by atoms with E-state index in [0.29, 0.717) is 12.5 Å². The molecule has 0 saturated carbocycles. The molecule has 0 bridgehead atoms. The summed E-state index contributed by atoms with van der Waals surface area (Å²) in [7, 11) is 0. The van der Waals surface area contributed by atoms with Crippen molar-refractivity contribution in [3.63, 3.8) is 0 Å². The van der Waals surface area contributed by atoms with Gasteiger partial charge in [-0.15, -0.1) is 0 Å². The van der Waals surface area contributed by atoms with Gasteiger partial charge in [-0.3, -0.25) is 9.69 Å². The van der Waals surface area contributed by atoms with E-state index in [4.69, 9.17) is 9.52 Å². The summed E-state index contributed by atoms with van der Waals surface area (Å²) in [6.45, 7) is 7.39. The molecule has 1 aromatic heterocycles. The van der Waals surface area contributed by atoms with Gasteiger partial charge >= 0.3 is 5.97 Å². The number of hydrogen-bond donors (Lipinski definition) is 1. The first-order valence-corrected chi connectivity index (χ1v) is 5.47. The minimum atomic E-state index is -0.802. The van der Waals surface area contributed by atoms with Crippen LogP contribution < -0.4 is 0 Å². The zero-order chi connectivity index (χ0) is 12.1. The first-order valence-electron chi connectivity index (χ1n) is 5.47. The van der Waals surface area contributed by atoms with Crippen molar-refractivity contribution in [1.29, 1.82) is 0 Å². The number of carboxylic acids is 1. The minimum absolute atomic E-state index is 0.0535. The highest BCUT2D eigenvalue weighted by Crippen LogP contribution is 2.10. The standard InChI is InChI=1S/C12H19NO3/c1-9(2)6-13(8-12(14)15)7-11-5-4-10(3)16-11/h4-5,9H,6-8H2,1-3H3,(H,14,15). The van der Waals surface area contributed by atoms with Crippen molar-refractivity contribution < 1.29 is 14.3 Å². The van der Waals surface area contributed by atoms with Crippen LogP contribution in [0.5, 0.6) is 0 Å². The van der Waals surface area contributed by atoms with Crippen molar-refractivity contribution in [2.45, 2.75) is 27.3 Å². The van der Waals surface area contributed by atoms with Crippen LogP contribution in [0.25, 0.3) is 0 Å². The first-order chi connectivity index (χ1) is 7.47. The minimum Gasteiger partial charge on any atom is -0.480 e. The van der Waals surface area contributed by atoms with Gasteiger partial charge in [0.2, 0.25) is 0 Å². The monoisotopic (exact) mass is 225 g/mol. The fraction of sp³-hybridized carbons (Fsp3) is 0.583. The number of aliphatic carboxylic acids is 1. The van der Waals surface area contributed by atoms with Crippen LogP contribution >= 0.6 is 0 Å². The molecular formula is C12H19NO3. The van der Waals surface area contributed by atoms with Gasteiger partial charge < -0.3 is 9.52 Å². The van der Waals surface area contributed by atoms with E-state index in [-0.39, 0.29) is 6.54 Å². The van der Waals surface area contributed by atoms with E-state index in [1.165, 1.54) is 0 Å². The van der Waals surface area contributed by atoms with E-state index in [9.17, 15) is 4.79 Å². The maximum atomic E-state index is 10.7. The average Bonchev–Trinajstić information content (AvgIpc) is 2.48. The van der Waals surface area contributed by atoms with E-state index in [1.54, 1.807) is 0 Å². The molecule has 0 fully saturated rings. The normalized spacial score (nSPS) is 11.3. The molecule has 4 heteroatoms. The highest BCUT2D eigenvalue weighted by molar-refractivity contribution is 5.69. The Kier molecular flexibility index (Phi) is 4.55. The van der Waals surface area contributed by atoms with E-state index < -0.39 is 5.97 Å². The number of carboxylic acid groups (broad SMARTS) is 1. The molecule has 0 unspecified atom stereocenters. The van der Waals surface area contributed by atoms with Crippen LogP contribution in [0.3, 0.4) is 0 Å². The largest absolute Gasteiger partial charge is 0.480 e. The highest BCUT2D eigenvalue weighted by Gasteiger charge is 2.13. The van der Waals surface area contributed by atoms with E-state index in [0.717, 1.165) is 18.1 Å². The molecule has 0 aromatic carbocycles. The van der Waals surface area contributed by atoms with Gasteiger partial charge in [0.15, 0.2) is 0 Å². The summed E-state index contributed by atoms with van der Waals surface area (Å²) in [5, 5.41) is 8.81. The molecule has 0 saturated heterocycles. The summed E-state index contributed by atoms with van der Waals surface area (Å²) in [6, 6.07) is 3.79. The van der Waals surface area contributed by atoms with Gasteiger partial charge in [-0.05, 0) is 25.0 Å². The molecule has 0 aliphatic rings.